The maximum absolute atomic E-state index is 13.9. The predicted octanol–water partition coefficient (Wildman–Crippen LogP) is 5.03. The van der Waals surface area contributed by atoms with Crippen LogP contribution in [0.2, 0.25) is 0 Å². The van der Waals surface area contributed by atoms with Gasteiger partial charge in [0.15, 0.2) is 11.6 Å². The molecule has 5 heteroatoms. The van der Waals surface area contributed by atoms with E-state index in [-0.39, 0.29) is 10.0 Å². The third-order valence-corrected chi connectivity index (χ3v) is 3.65. The molecule has 2 rings (SSSR count). The Morgan fingerprint density at radius 1 is 1.11 bits per heavy atom. The minimum Gasteiger partial charge on any atom is -0.288 e. The van der Waals surface area contributed by atoms with E-state index in [1.807, 2.05) is 6.07 Å². The molecule has 0 bridgehead atoms. The van der Waals surface area contributed by atoms with Crippen molar-refractivity contribution in [3.05, 3.63) is 67.6 Å². The number of halogens is 4. The number of rotatable bonds is 2. The van der Waals surface area contributed by atoms with Crippen molar-refractivity contribution in [2.45, 2.75) is 6.92 Å². The maximum Gasteiger partial charge on any atom is 0.199 e. The van der Waals surface area contributed by atoms with Crippen LogP contribution in [0.1, 0.15) is 21.5 Å². The smallest absolute Gasteiger partial charge is 0.199 e. The number of hydrogen-bond donors (Lipinski definition) is 0. The summed E-state index contributed by atoms with van der Waals surface area (Å²) in [5.41, 5.74) is 0.517. The molecule has 0 unspecified atom stereocenters. The third-order valence-electron chi connectivity index (χ3n) is 2.58. The molecule has 0 saturated heterocycles. The molecule has 0 saturated carbocycles. The van der Waals surface area contributed by atoms with Crippen LogP contribution >= 0.6 is 31.9 Å². The van der Waals surface area contributed by atoms with Crippen LogP contribution in [0.25, 0.3) is 0 Å². The lowest BCUT2D eigenvalue weighted by atomic mass is 10.0. The van der Waals surface area contributed by atoms with Crippen molar-refractivity contribution in [3.8, 4) is 0 Å². The molecule has 0 radical (unpaired) electrons. The highest BCUT2D eigenvalue weighted by atomic mass is 79.9. The topological polar surface area (TPSA) is 17.1 Å². The van der Waals surface area contributed by atoms with E-state index >= 15 is 0 Å². The highest BCUT2D eigenvalue weighted by Crippen LogP contribution is 2.25. The van der Waals surface area contributed by atoms with Gasteiger partial charge in [-0.15, -0.1) is 0 Å². The van der Waals surface area contributed by atoms with E-state index in [0.29, 0.717) is 4.47 Å². The predicted molar refractivity (Wildman–Crippen MR) is 76.4 cm³/mol. The van der Waals surface area contributed by atoms with Crippen molar-refractivity contribution in [1.82, 2.24) is 0 Å². The molecule has 0 aliphatic heterocycles. The van der Waals surface area contributed by atoms with E-state index in [0.717, 1.165) is 11.6 Å². The molecule has 1 nitrogen and oxygen atoms in total. The van der Waals surface area contributed by atoms with E-state index in [4.69, 9.17) is 0 Å². The zero-order chi connectivity index (χ0) is 14.2. The van der Waals surface area contributed by atoms with Gasteiger partial charge in [-0.2, -0.15) is 0 Å². The Morgan fingerprint density at radius 3 is 2.42 bits per heavy atom. The first-order valence-electron chi connectivity index (χ1n) is 5.35. The van der Waals surface area contributed by atoms with Crippen LogP contribution in [-0.4, -0.2) is 5.78 Å². The molecule has 0 spiro atoms. The van der Waals surface area contributed by atoms with Gasteiger partial charge in [0.25, 0.3) is 0 Å². The van der Waals surface area contributed by atoms with Crippen molar-refractivity contribution in [2.24, 2.45) is 0 Å². The van der Waals surface area contributed by atoms with Crippen LogP contribution in [0.3, 0.4) is 0 Å². The molecule has 0 heterocycles. The summed E-state index contributed by atoms with van der Waals surface area (Å²) in [6.07, 6.45) is 0. The maximum atomic E-state index is 13.9. The van der Waals surface area contributed by atoms with Gasteiger partial charge >= 0.3 is 0 Å². The molecule has 2 aromatic rings. The van der Waals surface area contributed by atoms with E-state index < -0.39 is 23.0 Å². The number of carbonyl (C=O) groups is 1. The van der Waals surface area contributed by atoms with Gasteiger partial charge in [0.1, 0.15) is 5.82 Å². The van der Waals surface area contributed by atoms with Gasteiger partial charge in [0.2, 0.25) is 0 Å². The number of aryl methyl sites for hydroxylation is 1. The van der Waals surface area contributed by atoms with Crippen molar-refractivity contribution >= 4 is 37.6 Å². The average molecular weight is 390 g/mol. The first-order chi connectivity index (χ1) is 8.90. The standard InChI is InChI=1S/C14H8Br2F2O/c1-7-4-8(6-9(15)5-7)14(19)12-11(17)3-2-10(16)13(12)18/h2-6H,1H3. The molecule has 0 aromatic heterocycles. The van der Waals surface area contributed by atoms with Gasteiger partial charge in [-0.3, -0.25) is 4.79 Å². The summed E-state index contributed by atoms with van der Waals surface area (Å²) in [6.45, 7) is 1.80. The molecule has 0 aliphatic carbocycles. The van der Waals surface area contributed by atoms with E-state index in [9.17, 15) is 13.6 Å². The van der Waals surface area contributed by atoms with Gasteiger partial charge < -0.3 is 0 Å². The largest absolute Gasteiger partial charge is 0.288 e. The summed E-state index contributed by atoms with van der Waals surface area (Å²) in [5.74, 6) is -2.44. The summed E-state index contributed by atoms with van der Waals surface area (Å²) >= 11 is 6.20. The zero-order valence-electron chi connectivity index (χ0n) is 9.81. The summed E-state index contributed by atoms with van der Waals surface area (Å²) < 4.78 is 28.3. The molecule has 2 aromatic carbocycles. The minimum absolute atomic E-state index is 0.0592. The zero-order valence-corrected chi connectivity index (χ0v) is 13.0. The summed E-state index contributed by atoms with van der Waals surface area (Å²) in [7, 11) is 0. The second-order valence-corrected chi connectivity index (χ2v) is 5.83. The lowest BCUT2D eigenvalue weighted by molar-refractivity contribution is 0.103. The van der Waals surface area contributed by atoms with Crippen molar-refractivity contribution < 1.29 is 13.6 Å². The fourth-order valence-electron chi connectivity index (χ4n) is 1.75. The molecule has 19 heavy (non-hydrogen) atoms. The Balaban J connectivity index is 2.59. The fourth-order valence-corrected chi connectivity index (χ4v) is 2.69. The Bertz CT molecular complexity index is 648. The van der Waals surface area contributed by atoms with Crippen molar-refractivity contribution in [3.63, 3.8) is 0 Å². The lowest BCUT2D eigenvalue weighted by Crippen LogP contribution is -2.08. The van der Waals surface area contributed by atoms with Gasteiger partial charge in [-0.25, -0.2) is 8.78 Å². The Kier molecular flexibility index (Phi) is 4.16. The van der Waals surface area contributed by atoms with Gasteiger partial charge in [0.05, 0.1) is 10.0 Å². The van der Waals surface area contributed by atoms with E-state index in [2.05, 4.69) is 31.9 Å². The normalized spacial score (nSPS) is 10.6. The Labute approximate surface area is 125 Å². The molecule has 0 atom stereocenters. The van der Waals surface area contributed by atoms with Crippen molar-refractivity contribution in [2.75, 3.05) is 0 Å². The lowest BCUT2D eigenvalue weighted by Gasteiger charge is -2.07. The van der Waals surface area contributed by atoms with Gasteiger partial charge in [-0.05, 0) is 58.7 Å². The number of carbonyl (C=O) groups excluding carboxylic acids is 1. The number of benzene rings is 2. The molecule has 0 amide bonds. The Morgan fingerprint density at radius 2 is 1.79 bits per heavy atom. The number of ketones is 1. The minimum atomic E-state index is -0.886. The summed E-state index contributed by atoms with van der Waals surface area (Å²) in [6, 6.07) is 7.23. The SMILES string of the molecule is Cc1cc(Br)cc(C(=O)c2c(F)ccc(Br)c2F)c1. The average Bonchev–Trinajstić information content (AvgIpc) is 2.33. The molecule has 98 valence electrons. The summed E-state index contributed by atoms with van der Waals surface area (Å²) in [4.78, 5) is 12.2. The van der Waals surface area contributed by atoms with Crippen LogP contribution in [0.4, 0.5) is 8.78 Å². The molecule has 0 fully saturated rings. The number of hydrogen-bond acceptors (Lipinski definition) is 1. The summed E-state index contributed by atoms with van der Waals surface area (Å²) in [5, 5.41) is 0. The highest BCUT2D eigenvalue weighted by Gasteiger charge is 2.21. The first-order valence-corrected chi connectivity index (χ1v) is 6.94. The Hall–Kier alpha value is -1.07. The fraction of sp³-hybridized carbons (Fsp3) is 0.0714. The third kappa shape index (κ3) is 2.92. The van der Waals surface area contributed by atoms with Crippen molar-refractivity contribution in [1.29, 1.82) is 0 Å². The molecule has 0 aliphatic rings. The van der Waals surface area contributed by atoms with Gasteiger partial charge in [0, 0.05) is 10.0 Å². The molecular formula is C14H8Br2F2O. The first kappa shape index (κ1) is 14.3. The quantitative estimate of drug-likeness (QED) is 0.520. The monoisotopic (exact) mass is 388 g/mol. The highest BCUT2D eigenvalue weighted by molar-refractivity contribution is 9.10. The van der Waals surface area contributed by atoms with E-state index in [1.54, 1.807) is 13.0 Å². The molecular weight excluding hydrogens is 382 g/mol. The van der Waals surface area contributed by atoms with E-state index in [1.165, 1.54) is 12.1 Å². The second kappa shape index (κ2) is 5.51. The van der Waals surface area contributed by atoms with Crippen LogP contribution in [0, 0.1) is 18.6 Å². The van der Waals surface area contributed by atoms with Crippen LogP contribution in [-0.2, 0) is 0 Å². The van der Waals surface area contributed by atoms with Crippen LogP contribution in [0.15, 0.2) is 39.3 Å². The van der Waals surface area contributed by atoms with Gasteiger partial charge in [-0.1, -0.05) is 15.9 Å². The second-order valence-electron chi connectivity index (χ2n) is 4.06. The van der Waals surface area contributed by atoms with Crippen LogP contribution in [0.5, 0.6) is 0 Å². The van der Waals surface area contributed by atoms with Crippen LogP contribution < -0.4 is 0 Å². The molecule has 0 N–H and O–H groups in total.